The maximum absolute atomic E-state index is 12.9. The van der Waals surface area contributed by atoms with Crippen LogP contribution in [0.1, 0.15) is 38.6 Å². The Kier molecular flexibility index (Phi) is 5.87. The number of amides is 1. The van der Waals surface area contributed by atoms with Gasteiger partial charge in [-0.2, -0.15) is 8.78 Å². The summed E-state index contributed by atoms with van der Waals surface area (Å²) in [6.07, 6.45) is 3.26. The highest BCUT2D eigenvalue weighted by molar-refractivity contribution is 7.17. The molecule has 1 unspecified atom stereocenters. The lowest BCUT2D eigenvalue weighted by molar-refractivity contribution is -0.0512. The minimum absolute atomic E-state index is 0.179. The van der Waals surface area contributed by atoms with Gasteiger partial charge in [0.25, 0.3) is 5.91 Å². The van der Waals surface area contributed by atoms with Gasteiger partial charge in [-0.15, -0.1) is 11.3 Å². The van der Waals surface area contributed by atoms with Crippen LogP contribution >= 0.6 is 11.3 Å². The number of benzene rings is 1. The minimum atomic E-state index is -3.08. The quantitative estimate of drug-likeness (QED) is 0.387. The highest BCUT2D eigenvalue weighted by atomic mass is 32.1. The van der Waals surface area contributed by atoms with Gasteiger partial charge in [0.05, 0.1) is 16.8 Å². The first-order chi connectivity index (χ1) is 15.4. The smallest absolute Gasteiger partial charge is 0.387 e. The second-order valence-corrected chi connectivity index (χ2v) is 7.85. The van der Waals surface area contributed by atoms with Gasteiger partial charge in [0.2, 0.25) is 0 Å². The third kappa shape index (κ3) is 4.17. The van der Waals surface area contributed by atoms with Crippen molar-refractivity contribution in [2.75, 3.05) is 0 Å². The Morgan fingerprint density at radius 3 is 2.72 bits per heavy atom. The number of nitrogens with two attached hydrogens (primary N) is 1. The lowest BCUT2D eigenvalue weighted by Crippen LogP contribution is -2.13. The van der Waals surface area contributed by atoms with Gasteiger partial charge in [-0.05, 0) is 25.1 Å². The summed E-state index contributed by atoms with van der Waals surface area (Å²) in [5, 5.41) is 0. The largest absolute Gasteiger partial charge is 0.484 e. The molecule has 0 aliphatic carbocycles. The topological polar surface area (TPSA) is 95.9 Å². The molecule has 0 bridgehead atoms. The molecule has 2 N–H and O–H groups in total. The van der Waals surface area contributed by atoms with Crippen molar-refractivity contribution in [1.82, 2.24) is 9.38 Å². The maximum Gasteiger partial charge on any atom is 0.387 e. The molecule has 0 fully saturated rings. The molecule has 1 aromatic carbocycles. The monoisotopic (exact) mass is 457 g/mol. The Labute approximate surface area is 185 Å². The summed E-state index contributed by atoms with van der Waals surface area (Å²) in [6, 6.07) is 11.4. The number of imidazole rings is 1. The predicted molar refractivity (Wildman–Crippen MR) is 115 cm³/mol. The van der Waals surface area contributed by atoms with Crippen LogP contribution < -0.4 is 15.2 Å². The Morgan fingerprint density at radius 2 is 2.00 bits per heavy atom. The summed E-state index contributed by atoms with van der Waals surface area (Å²) in [4.78, 5) is 28.3. The van der Waals surface area contributed by atoms with Crippen LogP contribution in [0, 0.1) is 0 Å². The summed E-state index contributed by atoms with van der Waals surface area (Å²) >= 11 is 1.14. The highest BCUT2D eigenvalue weighted by Gasteiger charge is 2.23. The van der Waals surface area contributed by atoms with Crippen LogP contribution in [0.4, 0.5) is 8.78 Å². The van der Waals surface area contributed by atoms with Gasteiger partial charge in [0.1, 0.15) is 34.4 Å². The van der Waals surface area contributed by atoms with E-state index in [1.165, 1.54) is 18.2 Å². The molecule has 10 heteroatoms. The number of pyridine rings is 1. The standard InChI is InChI=1S/C22H17F2N3O4S/c1-12(14-6-5-13(11-28)8-16(14)31-22(23)24)30-17-9-18(32-20(17)21(25)29)15-10-26-19-4-2-3-7-27(15)19/h2-12,22H,1H3,(H2,25,29). The molecule has 4 aromatic rings. The number of ether oxygens (including phenoxy) is 2. The van der Waals surface area contributed by atoms with Gasteiger partial charge >= 0.3 is 6.61 Å². The van der Waals surface area contributed by atoms with Crippen molar-refractivity contribution in [2.45, 2.75) is 19.6 Å². The van der Waals surface area contributed by atoms with Gasteiger partial charge < -0.3 is 15.2 Å². The van der Waals surface area contributed by atoms with Crippen molar-refractivity contribution in [1.29, 1.82) is 0 Å². The van der Waals surface area contributed by atoms with Crippen molar-refractivity contribution in [3.05, 3.63) is 70.9 Å². The van der Waals surface area contributed by atoms with E-state index in [-0.39, 0.29) is 27.5 Å². The number of carbonyl (C=O) groups excluding carboxylic acids is 2. The fraction of sp³-hybridized carbons (Fsp3) is 0.136. The Hall–Kier alpha value is -3.79. The Bertz CT molecular complexity index is 1300. The van der Waals surface area contributed by atoms with Gasteiger partial charge in [-0.1, -0.05) is 18.2 Å². The molecule has 0 spiro atoms. The van der Waals surface area contributed by atoms with E-state index in [4.69, 9.17) is 10.5 Å². The molecular formula is C22H17F2N3O4S. The zero-order chi connectivity index (χ0) is 22.8. The number of aromatic nitrogens is 2. The lowest BCUT2D eigenvalue weighted by atomic mass is 10.1. The van der Waals surface area contributed by atoms with Crippen molar-refractivity contribution in [3.8, 4) is 22.1 Å². The molecule has 1 atom stereocenters. The molecule has 0 saturated heterocycles. The first kappa shape index (κ1) is 21.4. The third-order valence-electron chi connectivity index (χ3n) is 4.72. The maximum atomic E-state index is 12.9. The van der Waals surface area contributed by atoms with Crippen LogP contribution in [-0.4, -0.2) is 28.2 Å². The average molecular weight is 457 g/mol. The van der Waals surface area contributed by atoms with E-state index in [0.717, 1.165) is 22.7 Å². The fourth-order valence-corrected chi connectivity index (χ4v) is 4.24. The fourth-order valence-electron chi connectivity index (χ4n) is 3.29. The summed E-state index contributed by atoms with van der Waals surface area (Å²) in [7, 11) is 0. The number of hydrogen-bond donors (Lipinski definition) is 1. The summed E-state index contributed by atoms with van der Waals surface area (Å²) in [5.74, 6) is -0.661. The molecule has 164 valence electrons. The Morgan fingerprint density at radius 1 is 1.19 bits per heavy atom. The number of nitrogens with zero attached hydrogens (tertiary/aromatic N) is 2. The molecule has 0 radical (unpaired) electrons. The van der Waals surface area contributed by atoms with E-state index in [0.29, 0.717) is 11.2 Å². The summed E-state index contributed by atoms with van der Waals surface area (Å²) < 4.78 is 38.1. The normalized spacial score (nSPS) is 12.1. The highest BCUT2D eigenvalue weighted by Crippen LogP contribution is 2.39. The second-order valence-electron chi connectivity index (χ2n) is 6.79. The second kappa shape index (κ2) is 8.75. The van der Waals surface area contributed by atoms with Crippen molar-refractivity contribution in [2.24, 2.45) is 5.73 Å². The van der Waals surface area contributed by atoms with Crippen molar-refractivity contribution >= 4 is 29.2 Å². The summed E-state index contributed by atoms with van der Waals surface area (Å²) in [6.45, 7) is -1.46. The number of primary amides is 1. The molecule has 0 saturated carbocycles. The molecule has 1 amide bonds. The molecule has 0 aliphatic rings. The van der Waals surface area contributed by atoms with Crippen LogP contribution in [0.2, 0.25) is 0 Å². The number of aldehydes is 1. The molecule has 3 aromatic heterocycles. The number of rotatable bonds is 8. The SMILES string of the molecule is CC(Oc1cc(-c2cnc3ccccn23)sc1C(N)=O)c1ccc(C=O)cc1OC(F)F. The molecule has 7 nitrogen and oxygen atoms in total. The van der Waals surface area contributed by atoms with Crippen LogP contribution in [0.3, 0.4) is 0 Å². The molecule has 0 aliphatic heterocycles. The van der Waals surface area contributed by atoms with Crippen LogP contribution in [0.15, 0.2) is 54.9 Å². The van der Waals surface area contributed by atoms with E-state index in [1.54, 1.807) is 19.2 Å². The number of alkyl halides is 2. The minimum Gasteiger partial charge on any atom is -0.484 e. The Balaban J connectivity index is 1.70. The number of hydrogen-bond acceptors (Lipinski definition) is 6. The molecular weight excluding hydrogens is 440 g/mol. The van der Waals surface area contributed by atoms with Crippen LogP contribution in [0.25, 0.3) is 16.2 Å². The van der Waals surface area contributed by atoms with Crippen molar-refractivity contribution < 1.29 is 27.8 Å². The van der Waals surface area contributed by atoms with E-state index < -0.39 is 18.6 Å². The van der Waals surface area contributed by atoms with Gasteiger partial charge in [0, 0.05) is 23.4 Å². The van der Waals surface area contributed by atoms with Gasteiger partial charge in [-0.3, -0.25) is 14.0 Å². The van der Waals surface area contributed by atoms with E-state index in [2.05, 4.69) is 9.72 Å². The van der Waals surface area contributed by atoms with Gasteiger partial charge in [-0.25, -0.2) is 4.98 Å². The summed E-state index contributed by atoms with van der Waals surface area (Å²) in [5.41, 5.74) is 7.49. The predicted octanol–water partition coefficient (Wildman–Crippen LogP) is 4.72. The number of thiophene rings is 1. The average Bonchev–Trinajstić information content (AvgIpc) is 3.37. The lowest BCUT2D eigenvalue weighted by Gasteiger charge is -2.18. The van der Waals surface area contributed by atoms with Crippen molar-refractivity contribution in [3.63, 3.8) is 0 Å². The van der Waals surface area contributed by atoms with Crippen LogP contribution in [0.5, 0.6) is 11.5 Å². The van der Waals surface area contributed by atoms with Crippen LogP contribution in [-0.2, 0) is 0 Å². The molecule has 4 rings (SSSR count). The zero-order valence-corrected chi connectivity index (χ0v) is 17.5. The van der Waals surface area contributed by atoms with E-state index in [1.807, 2.05) is 28.8 Å². The zero-order valence-electron chi connectivity index (χ0n) is 16.7. The first-order valence-corrected chi connectivity index (χ1v) is 10.3. The van der Waals surface area contributed by atoms with E-state index in [9.17, 15) is 18.4 Å². The third-order valence-corrected chi connectivity index (χ3v) is 5.88. The molecule has 32 heavy (non-hydrogen) atoms. The number of fused-ring (bicyclic) bond motifs is 1. The number of carbonyl (C=O) groups is 2. The number of halogens is 2. The molecule has 3 heterocycles. The first-order valence-electron chi connectivity index (χ1n) is 9.44. The van der Waals surface area contributed by atoms with Gasteiger partial charge in [0.15, 0.2) is 0 Å². The van der Waals surface area contributed by atoms with E-state index >= 15 is 0 Å².